The van der Waals surface area contributed by atoms with Crippen molar-refractivity contribution in [3.8, 4) is 5.75 Å². The first-order valence-electron chi connectivity index (χ1n) is 9.07. The summed E-state index contributed by atoms with van der Waals surface area (Å²) < 4.78 is 14.2. The van der Waals surface area contributed by atoms with E-state index in [-0.39, 0.29) is 18.2 Å². The summed E-state index contributed by atoms with van der Waals surface area (Å²) in [5, 5.41) is 8.67. The van der Waals surface area contributed by atoms with E-state index in [4.69, 9.17) is 9.26 Å². The summed E-state index contributed by atoms with van der Waals surface area (Å²) in [6, 6.07) is 7.36. The molecule has 8 nitrogen and oxygen atoms in total. The molecule has 0 unspecified atom stereocenters. The molecular weight excluding hydrogens is 410 g/mol. The van der Waals surface area contributed by atoms with Gasteiger partial charge in [0.2, 0.25) is 0 Å². The molecule has 1 aromatic carbocycles. The third-order valence-electron chi connectivity index (χ3n) is 4.42. The number of amides is 1. The van der Waals surface area contributed by atoms with E-state index in [1.807, 2.05) is 31.3 Å². The molecule has 1 aliphatic heterocycles. The number of nitrogens with zero attached hydrogens (tertiary/aromatic N) is 4. The molecular formula is C19H17N5O3S2. The minimum Gasteiger partial charge on any atom is -0.485 e. The fourth-order valence-electron chi connectivity index (χ4n) is 3.06. The second-order valence-corrected chi connectivity index (χ2v) is 8.87. The van der Waals surface area contributed by atoms with Crippen LogP contribution in [0.3, 0.4) is 0 Å². The predicted molar refractivity (Wildman–Crippen MR) is 109 cm³/mol. The van der Waals surface area contributed by atoms with Gasteiger partial charge in [-0.1, -0.05) is 16.9 Å². The average molecular weight is 428 g/mol. The second kappa shape index (κ2) is 7.53. The van der Waals surface area contributed by atoms with Gasteiger partial charge in [0, 0.05) is 30.6 Å². The molecule has 0 saturated heterocycles. The van der Waals surface area contributed by atoms with Gasteiger partial charge in [-0.3, -0.25) is 4.79 Å². The molecule has 1 N–H and O–H groups in total. The Morgan fingerprint density at radius 1 is 1.34 bits per heavy atom. The SMILES string of the molecule is Cc1nc2cc(OCc3cc(C(=O)NCc4cn5c(n4)SCC5)no3)ccc2s1. The van der Waals surface area contributed by atoms with E-state index in [0.29, 0.717) is 18.1 Å². The van der Waals surface area contributed by atoms with Crippen molar-refractivity contribution in [2.24, 2.45) is 0 Å². The maximum atomic E-state index is 12.3. The fourth-order valence-corrected chi connectivity index (χ4v) is 4.83. The zero-order chi connectivity index (χ0) is 19.8. The monoisotopic (exact) mass is 427 g/mol. The summed E-state index contributed by atoms with van der Waals surface area (Å²) in [5.41, 5.74) is 1.96. The highest BCUT2D eigenvalue weighted by Crippen LogP contribution is 2.26. The zero-order valence-electron chi connectivity index (χ0n) is 15.5. The summed E-state index contributed by atoms with van der Waals surface area (Å²) in [6.45, 7) is 3.47. The number of aryl methyl sites for hydroxylation is 2. The van der Waals surface area contributed by atoms with Gasteiger partial charge in [-0.05, 0) is 19.1 Å². The molecule has 0 aliphatic carbocycles. The van der Waals surface area contributed by atoms with Gasteiger partial charge in [0.15, 0.2) is 16.6 Å². The Morgan fingerprint density at radius 2 is 2.28 bits per heavy atom. The molecule has 10 heteroatoms. The van der Waals surface area contributed by atoms with Crippen LogP contribution in [-0.4, -0.2) is 31.4 Å². The summed E-state index contributed by atoms with van der Waals surface area (Å²) >= 11 is 3.37. The molecule has 4 aromatic rings. The summed E-state index contributed by atoms with van der Waals surface area (Å²) in [4.78, 5) is 21.3. The van der Waals surface area contributed by atoms with Gasteiger partial charge in [0.05, 0.1) is 27.5 Å². The first kappa shape index (κ1) is 18.2. The van der Waals surface area contributed by atoms with E-state index in [9.17, 15) is 4.79 Å². The number of nitrogens with one attached hydrogen (secondary N) is 1. The van der Waals surface area contributed by atoms with Crippen LogP contribution in [0.25, 0.3) is 10.2 Å². The van der Waals surface area contributed by atoms with Crippen LogP contribution >= 0.6 is 23.1 Å². The fraction of sp³-hybridized carbons (Fsp3) is 0.263. The lowest BCUT2D eigenvalue weighted by Gasteiger charge is -2.02. The molecule has 1 aliphatic rings. The highest BCUT2D eigenvalue weighted by atomic mass is 32.2. The van der Waals surface area contributed by atoms with Gasteiger partial charge >= 0.3 is 0 Å². The molecule has 0 fully saturated rings. The van der Waals surface area contributed by atoms with Crippen LogP contribution in [0, 0.1) is 6.92 Å². The van der Waals surface area contributed by atoms with Crippen molar-refractivity contribution in [2.75, 3.05) is 5.75 Å². The van der Waals surface area contributed by atoms with Crippen LogP contribution in [0.5, 0.6) is 5.75 Å². The molecule has 0 bridgehead atoms. The lowest BCUT2D eigenvalue weighted by molar-refractivity contribution is 0.0941. The molecule has 5 rings (SSSR count). The summed E-state index contributed by atoms with van der Waals surface area (Å²) in [7, 11) is 0. The maximum absolute atomic E-state index is 12.3. The Bertz CT molecular complexity index is 1170. The van der Waals surface area contributed by atoms with E-state index in [2.05, 4.69) is 25.0 Å². The van der Waals surface area contributed by atoms with E-state index in [1.165, 1.54) is 0 Å². The quantitative estimate of drug-likeness (QED) is 0.504. The van der Waals surface area contributed by atoms with Crippen molar-refractivity contribution >= 4 is 39.2 Å². The number of thiazole rings is 1. The van der Waals surface area contributed by atoms with E-state index in [0.717, 1.165) is 38.4 Å². The van der Waals surface area contributed by atoms with Crippen molar-refractivity contribution in [3.05, 3.63) is 52.6 Å². The highest BCUT2D eigenvalue weighted by Gasteiger charge is 2.17. The molecule has 0 saturated carbocycles. The number of carbonyl (C=O) groups excluding carboxylic acids is 1. The van der Waals surface area contributed by atoms with Gasteiger partial charge in [-0.15, -0.1) is 11.3 Å². The maximum Gasteiger partial charge on any atom is 0.273 e. The second-order valence-electron chi connectivity index (χ2n) is 6.57. The Morgan fingerprint density at radius 3 is 3.17 bits per heavy atom. The minimum atomic E-state index is -0.305. The van der Waals surface area contributed by atoms with Gasteiger partial charge in [-0.25, -0.2) is 9.97 Å². The lowest BCUT2D eigenvalue weighted by Crippen LogP contribution is -2.23. The van der Waals surface area contributed by atoms with Crippen LogP contribution in [0.15, 0.2) is 40.1 Å². The van der Waals surface area contributed by atoms with E-state index >= 15 is 0 Å². The topological polar surface area (TPSA) is 95.1 Å². The third kappa shape index (κ3) is 3.85. The number of carbonyl (C=O) groups is 1. The summed E-state index contributed by atoms with van der Waals surface area (Å²) in [5.74, 6) is 1.91. The van der Waals surface area contributed by atoms with Crippen LogP contribution in [0.2, 0.25) is 0 Å². The molecule has 148 valence electrons. The van der Waals surface area contributed by atoms with Crippen LogP contribution in [-0.2, 0) is 19.7 Å². The Balaban J connectivity index is 1.17. The number of fused-ring (bicyclic) bond motifs is 2. The molecule has 0 spiro atoms. The number of benzene rings is 1. The molecule has 3 aromatic heterocycles. The molecule has 0 radical (unpaired) electrons. The number of rotatable bonds is 6. The largest absolute Gasteiger partial charge is 0.485 e. The molecule has 29 heavy (non-hydrogen) atoms. The van der Waals surface area contributed by atoms with Gasteiger partial charge in [0.25, 0.3) is 5.91 Å². The van der Waals surface area contributed by atoms with E-state index < -0.39 is 0 Å². The van der Waals surface area contributed by atoms with Crippen LogP contribution in [0.1, 0.15) is 27.0 Å². The van der Waals surface area contributed by atoms with Crippen molar-refractivity contribution in [2.45, 2.75) is 31.8 Å². The smallest absolute Gasteiger partial charge is 0.273 e. The van der Waals surface area contributed by atoms with Crippen LogP contribution < -0.4 is 10.1 Å². The number of imidazole rings is 1. The van der Waals surface area contributed by atoms with Crippen LogP contribution in [0.4, 0.5) is 0 Å². The predicted octanol–water partition coefficient (Wildman–Crippen LogP) is 3.40. The number of aromatic nitrogens is 4. The van der Waals surface area contributed by atoms with Crippen molar-refractivity contribution in [1.82, 2.24) is 25.0 Å². The minimum absolute atomic E-state index is 0.180. The zero-order valence-corrected chi connectivity index (χ0v) is 17.2. The number of ether oxygens (including phenoxy) is 1. The van der Waals surface area contributed by atoms with Crippen molar-refractivity contribution in [3.63, 3.8) is 0 Å². The number of thioether (sulfide) groups is 1. The first-order chi connectivity index (χ1) is 14.1. The Kier molecular flexibility index (Phi) is 4.72. The van der Waals surface area contributed by atoms with Gasteiger partial charge in [-0.2, -0.15) is 0 Å². The normalized spacial score (nSPS) is 13.0. The molecule has 0 atom stereocenters. The number of hydrogen-bond acceptors (Lipinski definition) is 8. The average Bonchev–Trinajstić information content (AvgIpc) is 3.46. The standard InChI is InChI=1S/C19H17N5O3S2/c1-11-21-15-6-13(2-3-17(15)29-11)26-10-14-7-16(23-27-14)18(25)20-8-12-9-24-4-5-28-19(24)22-12/h2-3,6-7,9H,4-5,8,10H2,1H3,(H,20,25). The Labute approximate surface area is 174 Å². The molecule has 4 heterocycles. The first-order valence-corrected chi connectivity index (χ1v) is 10.9. The summed E-state index contributed by atoms with van der Waals surface area (Å²) in [6.07, 6.45) is 1.97. The number of hydrogen-bond donors (Lipinski definition) is 1. The third-order valence-corrected chi connectivity index (χ3v) is 6.34. The molecule has 1 amide bonds. The van der Waals surface area contributed by atoms with Gasteiger partial charge in [0.1, 0.15) is 12.4 Å². The van der Waals surface area contributed by atoms with Gasteiger partial charge < -0.3 is 19.1 Å². The Hall–Kier alpha value is -2.85. The van der Waals surface area contributed by atoms with Crippen molar-refractivity contribution in [1.29, 1.82) is 0 Å². The lowest BCUT2D eigenvalue weighted by atomic mass is 10.3. The highest BCUT2D eigenvalue weighted by molar-refractivity contribution is 7.99. The van der Waals surface area contributed by atoms with Crippen molar-refractivity contribution < 1.29 is 14.1 Å². The van der Waals surface area contributed by atoms with E-state index in [1.54, 1.807) is 29.2 Å².